The van der Waals surface area contributed by atoms with Gasteiger partial charge >= 0.3 is 0 Å². The van der Waals surface area contributed by atoms with Gasteiger partial charge in [-0.15, -0.1) is 0 Å². The predicted octanol–water partition coefficient (Wildman–Crippen LogP) is 4.62. The van der Waals surface area contributed by atoms with E-state index in [9.17, 15) is 4.79 Å². The molecule has 1 aliphatic heterocycles. The van der Waals surface area contributed by atoms with Gasteiger partial charge in [0.1, 0.15) is 0 Å². The minimum absolute atomic E-state index is 0.0289. The zero-order chi connectivity index (χ0) is 22.2. The van der Waals surface area contributed by atoms with Crippen LogP contribution in [0, 0.1) is 0 Å². The van der Waals surface area contributed by atoms with Crippen molar-refractivity contribution < 1.29 is 19.0 Å². The van der Waals surface area contributed by atoms with Crippen molar-refractivity contribution in [3.05, 3.63) is 58.6 Å². The maximum atomic E-state index is 12.3. The molecule has 2 aromatic rings. The fourth-order valence-corrected chi connectivity index (χ4v) is 3.52. The largest absolute Gasteiger partial charge is 0.493 e. The van der Waals surface area contributed by atoms with Crippen molar-refractivity contribution in [2.45, 2.75) is 26.5 Å². The van der Waals surface area contributed by atoms with Crippen molar-refractivity contribution in [2.75, 3.05) is 38.7 Å². The number of rotatable bonds is 8. The molecule has 1 heterocycles. The Morgan fingerprint density at radius 3 is 2.58 bits per heavy atom. The Labute approximate surface area is 188 Å². The van der Waals surface area contributed by atoms with Crippen LogP contribution in [0.2, 0.25) is 5.02 Å². The third-order valence-corrected chi connectivity index (χ3v) is 5.04. The van der Waals surface area contributed by atoms with E-state index in [4.69, 9.17) is 25.8 Å². The first-order valence-corrected chi connectivity index (χ1v) is 10.7. The molecule has 1 fully saturated rings. The number of hydrogen-bond donors (Lipinski definition) is 1. The highest BCUT2D eigenvalue weighted by Crippen LogP contribution is 2.37. The Bertz CT molecular complexity index is 907. The number of methoxy groups -OCH3 is 1. The lowest BCUT2D eigenvalue weighted by atomic mass is 10.1. The molecule has 0 bridgehead atoms. The topological polar surface area (TPSA) is 60.0 Å². The molecule has 1 N–H and O–H groups in total. The number of anilines is 1. The highest BCUT2D eigenvalue weighted by atomic mass is 35.5. The lowest BCUT2D eigenvalue weighted by molar-refractivity contribution is -0.111. The van der Waals surface area contributed by atoms with Crippen LogP contribution in [-0.2, 0) is 16.1 Å². The number of morpholine rings is 1. The summed E-state index contributed by atoms with van der Waals surface area (Å²) in [5.41, 5.74) is 2.70. The van der Waals surface area contributed by atoms with Gasteiger partial charge in [-0.3, -0.25) is 9.69 Å². The number of carbonyl (C=O) groups is 1. The molecule has 0 atom stereocenters. The Kier molecular flexibility index (Phi) is 8.35. The van der Waals surface area contributed by atoms with Crippen LogP contribution in [-0.4, -0.2) is 50.3 Å². The van der Waals surface area contributed by atoms with Crippen LogP contribution in [0.15, 0.2) is 42.5 Å². The summed E-state index contributed by atoms with van der Waals surface area (Å²) in [6, 6.07) is 11.4. The van der Waals surface area contributed by atoms with E-state index in [1.165, 1.54) is 11.6 Å². The van der Waals surface area contributed by atoms with Crippen molar-refractivity contribution in [3.63, 3.8) is 0 Å². The molecule has 2 aromatic carbocycles. The van der Waals surface area contributed by atoms with Gasteiger partial charge in [0.2, 0.25) is 5.91 Å². The van der Waals surface area contributed by atoms with Gasteiger partial charge in [0.15, 0.2) is 11.5 Å². The first-order valence-electron chi connectivity index (χ1n) is 10.4. The van der Waals surface area contributed by atoms with Gasteiger partial charge in [0.05, 0.1) is 31.5 Å². The quantitative estimate of drug-likeness (QED) is 0.602. The van der Waals surface area contributed by atoms with Crippen LogP contribution in [0.3, 0.4) is 0 Å². The van der Waals surface area contributed by atoms with Gasteiger partial charge in [-0.25, -0.2) is 0 Å². The summed E-state index contributed by atoms with van der Waals surface area (Å²) < 4.78 is 16.5. The SMILES string of the molecule is COc1cc(/C=C/C(=O)Nc2ccc(CN3CCOCC3)cc2)cc(Cl)c1OC(C)C. The normalized spacial score (nSPS) is 14.7. The summed E-state index contributed by atoms with van der Waals surface area (Å²) in [5.74, 6) is 0.800. The average molecular weight is 445 g/mol. The third kappa shape index (κ3) is 6.99. The second kappa shape index (κ2) is 11.2. The molecule has 1 aliphatic rings. The van der Waals surface area contributed by atoms with Crippen molar-refractivity contribution in [1.82, 2.24) is 4.90 Å². The lowest BCUT2D eigenvalue weighted by Crippen LogP contribution is -2.35. The van der Waals surface area contributed by atoms with E-state index < -0.39 is 0 Å². The zero-order valence-electron chi connectivity index (χ0n) is 18.2. The molecular formula is C24H29ClN2O4. The third-order valence-electron chi connectivity index (χ3n) is 4.76. The van der Waals surface area contributed by atoms with E-state index in [-0.39, 0.29) is 12.0 Å². The summed E-state index contributed by atoms with van der Waals surface area (Å²) in [6.45, 7) is 8.18. The number of ether oxygens (including phenoxy) is 3. The number of benzene rings is 2. The summed E-state index contributed by atoms with van der Waals surface area (Å²) in [6.07, 6.45) is 3.13. The second-order valence-corrected chi connectivity index (χ2v) is 8.02. The molecule has 0 aromatic heterocycles. The predicted molar refractivity (Wildman–Crippen MR) is 124 cm³/mol. The molecule has 6 nitrogen and oxygen atoms in total. The zero-order valence-corrected chi connectivity index (χ0v) is 18.9. The standard InChI is InChI=1S/C24H29ClN2O4/c1-17(2)31-24-21(25)14-19(15-22(24)29-3)6-9-23(28)26-20-7-4-18(5-8-20)16-27-10-12-30-13-11-27/h4-9,14-15,17H,10-13,16H2,1-3H3,(H,26,28)/b9-6+. The van der Waals surface area contributed by atoms with Crippen molar-refractivity contribution >= 4 is 29.3 Å². The van der Waals surface area contributed by atoms with Crippen molar-refractivity contribution in [3.8, 4) is 11.5 Å². The molecule has 0 radical (unpaired) electrons. The maximum Gasteiger partial charge on any atom is 0.248 e. The van der Waals surface area contributed by atoms with E-state index in [2.05, 4.69) is 10.2 Å². The molecule has 31 heavy (non-hydrogen) atoms. The number of nitrogens with one attached hydrogen (secondary N) is 1. The van der Waals surface area contributed by atoms with Crippen LogP contribution < -0.4 is 14.8 Å². The molecule has 1 saturated heterocycles. The molecule has 1 amide bonds. The Balaban J connectivity index is 1.59. The second-order valence-electron chi connectivity index (χ2n) is 7.61. The Morgan fingerprint density at radius 1 is 1.23 bits per heavy atom. The molecule has 3 rings (SSSR count). The smallest absolute Gasteiger partial charge is 0.248 e. The average Bonchev–Trinajstić information content (AvgIpc) is 2.75. The van der Waals surface area contributed by atoms with Gasteiger partial charge in [0.25, 0.3) is 0 Å². The van der Waals surface area contributed by atoms with E-state index in [1.807, 2.05) is 38.1 Å². The first-order chi connectivity index (χ1) is 14.9. The van der Waals surface area contributed by atoms with Crippen LogP contribution in [0.1, 0.15) is 25.0 Å². The molecule has 0 saturated carbocycles. The Hall–Kier alpha value is -2.54. The van der Waals surface area contributed by atoms with Gasteiger partial charge in [-0.05, 0) is 55.3 Å². The molecule has 7 heteroatoms. The number of halogens is 1. The number of carbonyl (C=O) groups excluding carboxylic acids is 1. The van der Waals surface area contributed by atoms with Crippen LogP contribution in [0.5, 0.6) is 11.5 Å². The van der Waals surface area contributed by atoms with Crippen LogP contribution in [0.25, 0.3) is 6.08 Å². The summed E-state index contributed by atoms with van der Waals surface area (Å²) in [7, 11) is 1.56. The summed E-state index contributed by atoms with van der Waals surface area (Å²) in [5, 5.41) is 3.31. The fourth-order valence-electron chi connectivity index (χ4n) is 3.25. The van der Waals surface area contributed by atoms with Crippen LogP contribution >= 0.6 is 11.6 Å². The van der Waals surface area contributed by atoms with E-state index >= 15 is 0 Å². The summed E-state index contributed by atoms with van der Waals surface area (Å²) >= 11 is 6.34. The van der Waals surface area contributed by atoms with Gasteiger partial charge in [0, 0.05) is 31.4 Å². The Morgan fingerprint density at radius 2 is 1.94 bits per heavy atom. The van der Waals surface area contributed by atoms with Crippen molar-refractivity contribution in [1.29, 1.82) is 0 Å². The fraction of sp³-hybridized carbons (Fsp3) is 0.375. The van der Waals surface area contributed by atoms with Crippen molar-refractivity contribution in [2.24, 2.45) is 0 Å². The highest BCUT2D eigenvalue weighted by Gasteiger charge is 2.13. The van der Waals surface area contributed by atoms with E-state index in [0.29, 0.717) is 16.5 Å². The number of hydrogen-bond acceptors (Lipinski definition) is 5. The molecule has 0 aliphatic carbocycles. The lowest BCUT2D eigenvalue weighted by Gasteiger charge is -2.26. The van der Waals surface area contributed by atoms with Gasteiger partial charge in [-0.1, -0.05) is 23.7 Å². The summed E-state index contributed by atoms with van der Waals surface area (Å²) in [4.78, 5) is 14.7. The minimum Gasteiger partial charge on any atom is -0.493 e. The van der Waals surface area contributed by atoms with Crippen LogP contribution in [0.4, 0.5) is 5.69 Å². The number of amides is 1. The first kappa shape index (κ1) is 23.1. The number of nitrogens with zero attached hydrogens (tertiary/aromatic N) is 1. The maximum absolute atomic E-state index is 12.3. The highest BCUT2D eigenvalue weighted by molar-refractivity contribution is 6.32. The van der Waals surface area contributed by atoms with Gasteiger partial charge < -0.3 is 19.5 Å². The van der Waals surface area contributed by atoms with E-state index in [0.717, 1.165) is 44.1 Å². The molecule has 166 valence electrons. The molecular weight excluding hydrogens is 416 g/mol. The molecule has 0 spiro atoms. The van der Waals surface area contributed by atoms with E-state index in [1.54, 1.807) is 25.3 Å². The molecule has 0 unspecified atom stereocenters. The minimum atomic E-state index is -0.224. The van der Waals surface area contributed by atoms with Gasteiger partial charge in [-0.2, -0.15) is 0 Å². The monoisotopic (exact) mass is 444 g/mol.